The van der Waals surface area contributed by atoms with Crippen LogP contribution in [-0.2, 0) is 26.1 Å². The van der Waals surface area contributed by atoms with Gasteiger partial charge in [0.2, 0.25) is 0 Å². The van der Waals surface area contributed by atoms with Crippen molar-refractivity contribution in [3.63, 3.8) is 0 Å². The summed E-state index contributed by atoms with van der Waals surface area (Å²) in [6.07, 6.45) is 5.93. The lowest BCUT2D eigenvalue weighted by atomic mass is 10.2. The largest absolute Gasteiger partial charge is 0.346 e. The van der Waals surface area contributed by atoms with Crippen molar-refractivity contribution >= 4 is 5.82 Å². The van der Waals surface area contributed by atoms with Gasteiger partial charge in [0.1, 0.15) is 17.5 Å². The van der Waals surface area contributed by atoms with E-state index in [9.17, 15) is 4.39 Å². The topological polar surface area (TPSA) is 46.8 Å². The monoisotopic (exact) mass is 351 g/mol. The van der Waals surface area contributed by atoms with Crippen molar-refractivity contribution in [3.8, 4) is 0 Å². The lowest BCUT2D eigenvalue weighted by Crippen LogP contribution is -2.20. The molecule has 1 aliphatic heterocycles. The predicted octanol–water partition coefficient (Wildman–Crippen LogP) is 3.64. The number of rotatable bonds is 5. The van der Waals surface area contributed by atoms with Gasteiger partial charge in [-0.25, -0.2) is 14.4 Å². The van der Waals surface area contributed by atoms with Crippen molar-refractivity contribution in [1.29, 1.82) is 0 Å². The van der Waals surface area contributed by atoms with Gasteiger partial charge in [0.15, 0.2) is 0 Å². The van der Waals surface area contributed by atoms with Gasteiger partial charge in [0.05, 0.1) is 25.0 Å². The van der Waals surface area contributed by atoms with Crippen LogP contribution < -0.4 is 4.90 Å². The first kappa shape index (κ1) is 16.7. The maximum absolute atomic E-state index is 13.1. The van der Waals surface area contributed by atoms with Gasteiger partial charge >= 0.3 is 0 Å². The molecule has 0 aliphatic carbocycles. The number of aromatic nitrogens is 4. The van der Waals surface area contributed by atoms with Crippen LogP contribution in [0.3, 0.4) is 0 Å². The highest BCUT2D eigenvalue weighted by Gasteiger charge is 2.26. The van der Waals surface area contributed by atoms with Crippen LogP contribution in [-0.4, -0.2) is 19.7 Å². The SMILES string of the molecule is CCCc1cnc(C)nc1N1Cc2cnn(Cc3ccc(F)cc3)c2C1. The fourth-order valence-corrected chi connectivity index (χ4v) is 3.46. The standard InChI is InChI=1S/C20H22FN5/c1-3-4-16-9-22-14(2)24-20(16)25-12-17-10-23-26(19(17)13-25)11-15-5-7-18(21)8-6-15/h5-10H,3-4,11-13H2,1-2H3. The number of hydrogen-bond donors (Lipinski definition) is 0. The van der Waals surface area contributed by atoms with Crippen molar-refractivity contribution in [1.82, 2.24) is 19.7 Å². The first-order chi connectivity index (χ1) is 12.6. The molecule has 2 aromatic heterocycles. The number of benzene rings is 1. The Morgan fingerprint density at radius 2 is 1.92 bits per heavy atom. The van der Waals surface area contributed by atoms with E-state index < -0.39 is 0 Å². The summed E-state index contributed by atoms with van der Waals surface area (Å²) in [5.41, 5.74) is 4.67. The highest BCUT2D eigenvalue weighted by molar-refractivity contribution is 5.50. The van der Waals surface area contributed by atoms with Gasteiger partial charge in [-0.15, -0.1) is 0 Å². The first-order valence-corrected chi connectivity index (χ1v) is 8.99. The number of hydrogen-bond acceptors (Lipinski definition) is 4. The Balaban J connectivity index is 1.58. The van der Waals surface area contributed by atoms with Crippen LogP contribution in [0.4, 0.5) is 10.2 Å². The normalized spacial score (nSPS) is 13.3. The van der Waals surface area contributed by atoms with Crippen LogP contribution in [0.15, 0.2) is 36.7 Å². The van der Waals surface area contributed by atoms with E-state index in [0.717, 1.165) is 43.1 Å². The third-order valence-electron chi connectivity index (χ3n) is 4.76. The van der Waals surface area contributed by atoms with Crippen LogP contribution in [0, 0.1) is 12.7 Å². The summed E-state index contributed by atoms with van der Waals surface area (Å²) in [4.78, 5) is 11.4. The van der Waals surface area contributed by atoms with Crippen LogP contribution in [0.1, 0.15) is 41.6 Å². The zero-order valence-electron chi connectivity index (χ0n) is 15.1. The fourth-order valence-electron chi connectivity index (χ4n) is 3.46. The molecule has 134 valence electrons. The molecule has 3 aromatic rings. The molecule has 1 aromatic carbocycles. The number of halogens is 1. The summed E-state index contributed by atoms with van der Waals surface area (Å²) >= 11 is 0. The summed E-state index contributed by atoms with van der Waals surface area (Å²) in [5, 5.41) is 4.52. The molecule has 3 heterocycles. The molecule has 0 unspecified atom stereocenters. The molecule has 0 bridgehead atoms. The summed E-state index contributed by atoms with van der Waals surface area (Å²) < 4.78 is 15.1. The highest BCUT2D eigenvalue weighted by Crippen LogP contribution is 2.30. The van der Waals surface area contributed by atoms with E-state index >= 15 is 0 Å². The van der Waals surface area contributed by atoms with Gasteiger partial charge in [0.25, 0.3) is 0 Å². The van der Waals surface area contributed by atoms with Gasteiger partial charge in [-0.1, -0.05) is 25.5 Å². The molecule has 0 fully saturated rings. The molecule has 0 saturated heterocycles. The molecule has 0 radical (unpaired) electrons. The second-order valence-corrected chi connectivity index (χ2v) is 6.77. The number of anilines is 1. The van der Waals surface area contributed by atoms with Gasteiger partial charge in [-0.3, -0.25) is 4.68 Å². The Bertz CT molecular complexity index is 916. The highest BCUT2D eigenvalue weighted by atomic mass is 19.1. The van der Waals surface area contributed by atoms with E-state index in [2.05, 4.69) is 21.9 Å². The molecule has 4 rings (SSSR count). The van der Waals surface area contributed by atoms with Crippen LogP contribution in [0.2, 0.25) is 0 Å². The smallest absolute Gasteiger partial charge is 0.136 e. The van der Waals surface area contributed by atoms with E-state index in [-0.39, 0.29) is 5.82 Å². The van der Waals surface area contributed by atoms with Gasteiger partial charge in [0, 0.05) is 23.9 Å². The molecule has 0 saturated carbocycles. The summed E-state index contributed by atoms with van der Waals surface area (Å²) in [6, 6.07) is 6.60. The second-order valence-electron chi connectivity index (χ2n) is 6.77. The maximum atomic E-state index is 13.1. The van der Waals surface area contributed by atoms with Gasteiger partial charge in [-0.2, -0.15) is 5.10 Å². The molecule has 5 nitrogen and oxygen atoms in total. The minimum Gasteiger partial charge on any atom is -0.346 e. The summed E-state index contributed by atoms with van der Waals surface area (Å²) in [6.45, 7) is 6.34. The fraction of sp³-hybridized carbons (Fsp3) is 0.350. The molecule has 0 amide bonds. The van der Waals surface area contributed by atoms with E-state index in [1.165, 1.54) is 29.0 Å². The second kappa shape index (κ2) is 6.86. The minimum atomic E-state index is -0.215. The minimum absolute atomic E-state index is 0.215. The Kier molecular flexibility index (Phi) is 4.41. The Labute approximate surface area is 152 Å². The molecule has 26 heavy (non-hydrogen) atoms. The third kappa shape index (κ3) is 3.19. The Hall–Kier alpha value is -2.76. The van der Waals surface area contributed by atoms with Gasteiger partial charge in [-0.05, 0) is 31.0 Å². The van der Waals surface area contributed by atoms with Crippen molar-refractivity contribution in [2.45, 2.75) is 46.3 Å². The average molecular weight is 351 g/mol. The number of fused-ring (bicyclic) bond motifs is 1. The average Bonchev–Trinajstić information content (AvgIpc) is 3.20. The molecular weight excluding hydrogens is 329 g/mol. The molecule has 0 N–H and O–H groups in total. The van der Waals surface area contributed by atoms with Crippen LogP contribution >= 0.6 is 0 Å². The Morgan fingerprint density at radius 1 is 1.12 bits per heavy atom. The maximum Gasteiger partial charge on any atom is 0.136 e. The van der Waals surface area contributed by atoms with Crippen molar-refractivity contribution in [2.24, 2.45) is 0 Å². The molecular formula is C20H22FN5. The van der Waals surface area contributed by atoms with E-state index in [1.54, 1.807) is 0 Å². The summed E-state index contributed by atoms with van der Waals surface area (Å²) in [7, 11) is 0. The van der Waals surface area contributed by atoms with Gasteiger partial charge < -0.3 is 4.90 Å². The van der Waals surface area contributed by atoms with E-state index in [0.29, 0.717) is 6.54 Å². The first-order valence-electron chi connectivity index (χ1n) is 8.99. The molecule has 1 aliphatic rings. The summed E-state index contributed by atoms with van der Waals surface area (Å²) in [5.74, 6) is 1.61. The van der Waals surface area contributed by atoms with E-state index in [4.69, 9.17) is 4.98 Å². The lowest BCUT2D eigenvalue weighted by molar-refractivity contribution is 0.620. The zero-order chi connectivity index (χ0) is 18.1. The van der Waals surface area contributed by atoms with Crippen molar-refractivity contribution in [3.05, 3.63) is 70.7 Å². The molecule has 0 spiro atoms. The van der Waals surface area contributed by atoms with Crippen LogP contribution in [0.5, 0.6) is 0 Å². The molecule has 0 atom stereocenters. The lowest BCUT2D eigenvalue weighted by Gasteiger charge is -2.20. The quantitative estimate of drug-likeness (QED) is 0.704. The zero-order valence-corrected chi connectivity index (χ0v) is 15.1. The van der Waals surface area contributed by atoms with Crippen LogP contribution in [0.25, 0.3) is 0 Å². The number of aryl methyl sites for hydroxylation is 2. The molecule has 6 heteroatoms. The predicted molar refractivity (Wildman–Crippen MR) is 98.4 cm³/mol. The van der Waals surface area contributed by atoms with Crippen molar-refractivity contribution < 1.29 is 4.39 Å². The van der Waals surface area contributed by atoms with Crippen molar-refractivity contribution in [2.75, 3.05) is 4.90 Å². The Morgan fingerprint density at radius 3 is 2.69 bits per heavy atom. The van der Waals surface area contributed by atoms with E-state index in [1.807, 2.05) is 36.1 Å². The third-order valence-corrected chi connectivity index (χ3v) is 4.76. The number of nitrogens with zero attached hydrogens (tertiary/aromatic N) is 5.